The minimum Gasteiger partial charge on any atom is -0.427 e. The van der Waals surface area contributed by atoms with E-state index >= 15 is 0 Å². The normalized spacial score (nSPS) is 11.6. The Morgan fingerprint density at radius 3 is 1.52 bits per heavy atom. The standard InChI is InChI=1S/C49H52N4O7/c1-3-4-5-6-7-8-9-18-46(54)59-40-25-21-38(22-26-40)50-52-44-29-19-36-14-10-12-16-42(36)48(44)49-43-17-13-11-15-37(43)20-30-45(49)53-51-39-23-27-41(28-24-39)60-47(55)35-58-34-33-57-32-31-56-2/h10-17,19-30H,3-9,18,31-35H2,1-2H3. The molecule has 0 aromatic heterocycles. The van der Waals surface area contributed by atoms with E-state index in [-0.39, 0.29) is 19.2 Å². The zero-order valence-corrected chi connectivity index (χ0v) is 34.4. The first-order valence-corrected chi connectivity index (χ1v) is 20.7. The Morgan fingerprint density at radius 1 is 0.483 bits per heavy atom. The molecule has 0 saturated heterocycles. The van der Waals surface area contributed by atoms with Gasteiger partial charge in [-0.05, 0) is 88.6 Å². The van der Waals surface area contributed by atoms with Crippen LogP contribution >= 0.6 is 0 Å². The molecule has 0 fully saturated rings. The van der Waals surface area contributed by atoms with Crippen LogP contribution in [0.2, 0.25) is 0 Å². The minimum absolute atomic E-state index is 0.196. The predicted octanol–water partition coefficient (Wildman–Crippen LogP) is 13.1. The molecule has 0 radical (unpaired) electrons. The van der Waals surface area contributed by atoms with E-state index in [2.05, 4.69) is 41.4 Å². The van der Waals surface area contributed by atoms with Gasteiger partial charge in [0, 0.05) is 24.7 Å². The van der Waals surface area contributed by atoms with Gasteiger partial charge in [-0.1, -0.05) is 106 Å². The first kappa shape index (κ1) is 43.4. The molecule has 6 aromatic rings. The van der Waals surface area contributed by atoms with E-state index in [1.807, 2.05) is 48.5 Å². The second kappa shape index (κ2) is 23.5. The zero-order chi connectivity index (χ0) is 41.8. The van der Waals surface area contributed by atoms with Crippen molar-refractivity contribution in [3.63, 3.8) is 0 Å². The van der Waals surface area contributed by atoms with Crippen molar-refractivity contribution in [2.24, 2.45) is 20.5 Å². The molecule has 0 amide bonds. The highest BCUT2D eigenvalue weighted by molar-refractivity contribution is 6.12. The lowest BCUT2D eigenvalue weighted by atomic mass is 9.91. The number of ether oxygens (including phenoxy) is 5. The van der Waals surface area contributed by atoms with Crippen LogP contribution in [0.5, 0.6) is 11.5 Å². The lowest BCUT2D eigenvalue weighted by molar-refractivity contribution is -0.140. The molecule has 0 bridgehead atoms. The average Bonchev–Trinajstić information content (AvgIpc) is 3.27. The number of esters is 2. The van der Waals surface area contributed by atoms with Crippen LogP contribution in [0.15, 0.2) is 142 Å². The fourth-order valence-corrected chi connectivity index (χ4v) is 6.68. The van der Waals surface area contributed by atoms with Crippen LogP contribution in [-0.2, 0) is 23.8 Å². The summed E-state index contributed by atoms with van der Waals surface area (Å²) in [5.41, 5.74) is 4.21. The fourth-order valence-electron chi connectivity index (χ4n) is 6.68. The van der Waals surface area contributed by atoms with Gasteiger partial charge in [0.05, 0.1) is 49.2 Å². The summed E-state index contributed by atoms with van der Waals surface area (Å²) in [6.45, 7) is 3.60. The molecule has 0 heterocycles. The van der Waals surface area contributed by atoms with Gasteiger partial charge in [0.1, 0.15) is 18.1 Å². The quantitative estimate of drug-likeness (QED) is 0.0273. The molecule has 6 rings (SSSR count). The fraction of sp³-hybridized carbons (Fsp3) is 0.306. The summed E-state index contributed by atoms with van der Waals surface area (Å²) in [6.07, 6.45) is 8.41. The summed E-state index contributed by atoms with van der Waals surface area (Å²) in [5.74, 6) is 0.108. The van der Waals surface area contributed by atoms with Crippen molar-refractivity contribution in [1.82, 2.24) is 0 Å². The minimum atomic E-state index is -0.517. The molecule has 0 unspecified atom stereocenters. The molecule has 0 saturated carbocycles. The average molecular weight is 809 g/mol. The van der Waals surface area contributed by atoms with E-state index < -0.39 is 5.97 Å². The van der Waals surface area contributed by atoms with Gasteiger partial charge < -0.3 is 23.7 Å². The van der Waals surface area contributed by atoms with Crippen LogP contribution in [0, 0.1) is 0 Å². The number of azo groups is 2. The summed E-state index contributed by atoms with van der Waals surface area (Å²) in [6, 6.07) is 38.2. The lowest BCUT2D eigenvalue weighted by Gasteiger charge is -2.15. The number of benzene rings is 6. The summed E-state index contributed by atoms with van der Waals surface area (Å²) in [7, 11) is 1.60. The smallest absolute Gasteiger partial charge is 0.337 e. The molecule has 0 aliphatic carbocycles. The molecule has 11 heteroatoms. The van der Waals surface area contributed by atoms with Crippen LogP contribution in [0.25, 0.3) is 32.7 Å². The first-order valence-electron chi connectivity index (χ1n) is 20.7. The molecule has 11 nitrogen and oxygen atoms in total. The monoisotopic (exact) mass is 808 g/mol. The van der Waals surface area contributed by atoms with E-state index in [9.17, 15) is 9.59 Å². The number of methoxy groups -OCH3 is 1. The van der Waals surface area contributed by atoms with Gasteiger partial charge >= 0.3 is 11.9 Å². The third kappa shape index (κ3) is 12.9. The third-order valence-corrected chi connectivity index (χ3v) is 9.76. The Kier molecular flexibility index (Phi) is 17.0. The van der Waals surface area contributed by atoms with Gasteiger partial charge in [-0.25, -0.2) is 4.79 Å². The highest BCUT2D eigenvalue weighted by Crippen LogP contribution is 2.46. The van der Waals surface area contributed by atoms with Crippen molar-refractivity contribution < 1.29 is 33.3 Å². The molecule has 0 spiro atoms. The van der Waals surface area contributed by atoms with Crippen LogP contribution in [0.4, 0.5) is 22.7 Å². The molecule has 6 aromatic carbocycles. The van der Waals surface area contributed by atoms with Crippen LogP contribution in [-0.4, -0.2) is 52.1 Å². The maximum atomic E-state index is 12.5. The van der Waals surface area contributed by atoms with E-state index in [0.29, 0.717) is 60.5 Å². The van der Waals surface area contributed by atoms with Gasteiger partial charge in [0.25, 0.3) is 0 Å². The van der Waals surface area contributed by atoms with Crippen molar-refractivity contribution >= 4 is 56.2 Å². The lowest BCUT2D eigenvalue weighted by Crippen LogP contribution is -2.18. The van der Waals surface area contributed by atoms with Gasteiger partial charge in [-0.3, -0.25) is 4.79 Å². The molecule has 310 valence electrons. The Hall–Kier alpha value is -6.14. The van der Waals surface area contributed by atoms with Gasteiger partial charge in [-0.15, -0.1) is 10.2 Å². The summed E-state index contributed by atoms with van der Waals surface area (Å²) >= 11 is 0. The second-order valence-electron chi connectivity index (χ2n) is 14.2. The Balaban J connectivity index is 1.19. The van der Waals surface area contributed by atoms with E-state index in [0.717, 1.165) is 51.9 Å². The number of hydrogen-bond donors (Lipinski definition) is 0. The van der Waals surface area contributed by atoms with E-state index in [4.69, 9.17) is 33.9 Å². The number of rotatable bonds is 23. The molecule has 0 aliphatic heterocycles. The Bertz CT molecular complexity index is 2190. The number of hydrogen-bond acceptors (Lipinski definition) is 11. The molecule has 0 atom stereocenters. The second-order valence-corrected chi connectivity index (χ2v) is 14.2. The molecule has 0 N–H and O–H groups in total. The molecular formula is C49H52N4O7. The van der Waals surface area contributed by atoms with Crippen molar-refractivity contribution in [3.8, 4) is 22.6 Å². The number of fused-ring (bicyclic) bond motifs is 2. The van der Waals surface area contributed by atoms with Crippen LogP contribution in [0.1, 0.15) is 58.3 Å². The number of unbranched alkanes of at least 4 members (excludes halogenated alkanes) is 6. The van der Waals surface area contributed by atoms with E-state index in [1.54, 1.807) is 55.6 Å². The highest BCUT2D eigenvalue weighted by atomic mass is 16.6. The van der Waals surface area contributed by atoms with Gasteiger partial charge in [0.15, 0.2) is 0 Å². The van der Waals surface area contributed by atoms with Crippen molar-refractivity contribution in [2.75, 3.05) is 40.1 Å². The topological polar surface area (TPSA) is 130 Å². The van der Waals surface area contributed by atoms with Crippen LogP contribution < -0.4 is 9.47 Å². The number of carbonyl (C=O) groups is 2. The summed E-state index contributed by atoms with van der Waals surface area (Å²) in [4.78, 5) is 24.8. The predicted molar refractivity (Wildman–Crippen MR) is 236 cm³/mol. The number of carbonyl (C=O) groups excluding carboxylic acids is 2. The van der Waals surface area contributed by atoms with Crippen molar-refractivity contribution in [1.29, 1.82) is 0 Å². The van der Waals surface area contributed by atoms with Gasteiger partial charge in [-0.2, -0.15) is 10.2 Å². The Morgan fingerprint density at radius 2 is 0.967 bits per heavy atom. The Labute approximate surface area is 351 Å². The summed E-state index contributed by atoms with van der Waals surface area (Å²) in [5, 5.41) is 22.8. The zero-order valence-electron chi connectivity index (χ0n) is 34.4. The highest BCUT2D eigenvalue weighted by Gasteiger charge is 2.18. The first-order chi connectivity index (χ1) is 29.5. The van der Waals surface area contributed by atoms with Crippen molar-refractivity contribution in [3.05, 3.63) is 121 Å². The largest absolute Gasteiger partial charge is 0.427 e. The number of nitrogens with zero attached hydrogens (tertiary/aromatic N) is 4. The molecule has 0 aliphatic rings. The van der Waals surface area contributed by atoms with Gasteiger partial charge in [0.2, 0.25) is 0 Å². The van der Waals surface area contributed by atoms with E-state index in [1.165, 1.54) is 25.7 Å². The van der Waals surface area contributed by atoms with Crippen molar-refractivity contribution in [2.45, 2.75) is 58.3 Å². The summed E-state index contributed by atoms with van der Waals surface area (Å²) < 4.78 is 26.6. The molecular weight excluding hydrogens is 757 g/mol. The maximum Gasteiger partial charge on any atom is 0.337 e. The maximum absolute atomic E-state index is 12.5. The SMILES string of the molecule is CCCCCCCCCC(=O)Oc1ccc(N=Nc2ccc3ccccc3c2-c2c(N=Nc3ccc(OC(=O)COCCOCCOC)cc3)ccc3ccccc23)cc1. The van der Waals surface area contributed by atoms with Crippen LogP contribution in [0.3, 0.4) is 0 Å². The third-order valence-electron chi connectivity index (χ3n) is 9.76. The molecule has 60 heavy (non-hydrogen) atoms.